The minimum Gasteiger partial charge on any atom is -0.457 e. The zero-order valence-electron chi connectivity index (χ0n) is 12.7. The third-order valence-corrected chi connectivity index (χ3v) is 2.99. The molecule has 0 saturated carbocycles. The van der Waals surface area contributed by atoms with Crippen LogP contribution in [-0.2, 0) is 0 Å². The van der Waals surface area contributed by atoms with E-state index in [0.29, 0.717) is 34.4 Å². The molecule has 3 aromatic rings. The van der Waals surface area contributed by atoms with E-state index in [1.165, 1.54) is 0 Å². The Morgan fingerprint density at radius 1 is 0.500 bits per heavy atom. The zero-order chi connectivity index (χ0) is 15.4. The number of ether oxygens (including phenoxy) is 2. The van der Waals surface area contributed by atoms with Gasteiger partial charge in [0.1, 0.15) is 23.0 Å². The maximum atomic E-state index is 5.78. The summed E-state index contributed by atoms with van der Waals surface area (Å²) in [5, 5.41) is 0. The van der Waals surface area contributed by atoms with Crippen LogP contribution in [0, 0.1) is 0 Å². The minimum absolute atomic E-state index is 0. The molecule has 3 aromatic carbocycles. The van der Waals surface area contributed by atoms with Crippen LogP contribution >= 0.6 is 24.8 Å². The zero-order valence-corrected chi connectivity index (χ0v) is 14.3. The first-order valence-electron chi connectivity index (χ1n) is 6.86. The highest BCUT2D eigenvalue weighted by Gasteiger charge is 2.02. The lowest BCUT2D eigenvalue weighted by Gasteiger charge is -2.09. The number of benzene rings is 3. The molecule has 0 unspecified atom stereocenters. The summed E-state index contributed by atoms with van der Waals surface area (Å²) in [4.78, 5) is 0. The summed E-state index contributed by atoms with van der Waals surface area (Å²) >= 11 is 0. The van der Waals surface area contributed by atoms with Crippen LogP contribution in [0.5, 0.6) is 23.0 Å². The van der Waals surface area contributed by atoms with Crippen LogP contribution in [0.15, 0.2) is 72.8 Å². The second kappa shape index (κ2) is 8.91. The molecule has 0 aliphatic rings. The molecule has 126 valence electrons. The Bertz CT molecular complexity index is 734. The SMILES string of the molecule is Cl.Cl.Nc1cccc(Oc2cccc(Oc3cccc(N)c3)c2)c1. The lowest BCUT2D eigenvalue weighted by Crippen LogP contribution is -1.90. The summed E-state index contributed by atoms with van der Waals surface area (Å²) in [6.45, 7) is 0. The van der Waals surface area contributed by atoms with Gasteiger partial charge < -0.3 is 20.9 Å². The average molecular weight is 365 g/mol. The number of rotatable bonds is 4. The van der Waals surface area contributed by atoms with Gasteiger partial charge in [0.15, 0.2) is 0 Å². The molecule has 0 saturated heterocycles. The molecule has 0 spiro atoms. The van der Waals surface area contributed by atoms with Crippen LogP contribution in [0.2, 0.25) is 0 Å². The maximum Gasteiger partial charge on any atom is 0.131 e. The third kappa shape index (κ3) is 5.26. The standard InChI is InChI=1S/C18H16N2O2.2ClH/c19-13-4-1-6-15(10-13)21-17-8-3-9-18(12-17)22-16-7-2-5-14(20)11-16;;/h1-12H,19-20H2;2*1H. The molecule has 24 heavy (non-hydrogen) atoms. The molecule has 0 bridgehead atoms. The van der Waals surface area contributed by atoms with Crippen LogP contribution in [0.3, 0.4) is 0 Å². The molecule has 0 radical (unpaired) electrons. The lowest BCUT2D eigenvalue weighted by atomic mass is 10.3. The van der Waals surface area contributed by atoms with E-state index in [0.717, 1.165) is 0 Å². The van der Waals surface area contributed by atoms with Crippen LogP contribution < -0.4 is 20.9 Å². The fourth-order valence-corrected chi connectivity index (χ4v) is 2.03. The van der Waals surface area contributed by atoms with Crippen LogP contribution in [-0.4, -0.2) is 0 Å². The topological polar surface area (TPSA) is 70.5 Å². The number of nitrogens with two attached hydrogens (primary N) is 2. The van der Waals surface area contributed by atoms with Crippen molar-refractivity contribution < 1.29 is 9.47 Å². The summed E-state index contributed by atoms with van der Waals surface area (Å²) in [6.07, 6.45) is 0. The largest absolute Gasteiger partial charge is 0.457 e. The van der Waals surface area contributed by atoms with Gasteiger partial charge in [-0.05, 0) is 36.4 Å². The highest BCUT2D eigenvalue weighted by atomic mass is 35.5. The van der Waals surface area contributed by atoms with Crippen molar-refractivity contribution in [1.82, 2.24) is 0 Å². The Balaban J connectivity index is 0.00000144. The molecule has 0 aromatic heterocycles. The van der Waals surface area contributed by atoms with Crippen LogP contribution in [0.1, 0.15) is 0 Å². The molecule has 0 fully saturated rings. The van der Waals surface area contributed by atoms with Gasteiger partial charge in [-0.3, -0.25) is 0 Å². The van der Waals surface area contributed by atoms with Crippen molar-refractivity contribution in [2.24, 2.45) is 0 Å². The first-order chi connectivity index (χ1) is 10.7. The molecule has 0 amide bonds. The molecular formula is C18H18Cl2N2O2. The normalized spacial score (nSPS) is 9.33. The lowest BCUT2D eigenvalue weighted by molar-refractivity contribution is 0.460. The highest BCUT2D eigenvalue weighted by Crippen LogP contribution is 2.29. The molecular weight excluding hydrogens is 347 g/mol. The van der Waals surface area contributed by atoms with Crippen molar-refractivity contribution in [3.63, 3.8) is 0 Å². The molecule has 4 nitrogen and oxygen atoms in total. The predicted molar refractivity (Wildman–Crippen MR) is 103 cm³/mol. The number of halogens is 2. The first kappa shape index (κ1) is 19.5. The van der Waals surface area contributed by atoms with Gasteiger partial charge in [0.2, 0.25) is 0 Å². The smallest absolute Gasteiger partial charge is 0.131 e. The average Bonchev–Trinajstić information content (AvgIpc) is 2.47. The van der Waals surface area contributed by atoms with Crippen LogP contribution in [0.4, 0.5) is 11.4 Å². The second-order valence-corrected chi connectivity index (χ2v) is 4.82. The van der Waals surface area contributed by atoms with Crippen molar-refractivity contribution in [2.45, 2.75) is 0 Å². The Morgan fingerprint density at radius 3 is 1.21 bits per heavy atom. The fourth-order valence-electron chi connectivity index (χ4n) is 2.03. The Morgan fingerprint density at radius 2 is 0.833 bits per heavy atom. The van der Waals surface area contributed by atoms with Gasteiger partial charge in [-0.25, -0.2) is 0 Å². The van der Waals surface area contributed by atoms with E-state index in [1.54, 1.807) is 12.1 Å². The van der Waals surface area contributed by atoms with Gasteiger partial charge in [-0.1, -0.05) is 18.2 Å². The van der Waals surface area contributed by atoms with E-state index in [-0.39, 0.29) is 24.8 Å². The van der Waals surface area contributed by atoms with E-state index in [4.69, 9.17) is 20.9 Å². The summed E-state index contributed by atoms with van der Waals surface area (Å²) in [7, 11) is 0. The van der Waals surface area contributed by atoms with E-state index in [2.05, 4.69) is 0 Å². The molecule has 6 heteroatoms. The number of anilines is 2. The van der Waals surface area contributed by atoms with E-state index < -0.39 is 0 Å². The predicted octanol–water partition coefficient (Wildman–Crippen LogP) is 5.28. The van der Waals surface area contributed by atoms with Gasteiger partial charge in [0.25, 0.3) is 0 Å². The summed E-state index contributed by atoms with van der Waals surface area (Å²) in [5.74, 6) is 2.71. The second-order valence-electron chi connectivity index (χ2n) is 4.82. The number of hydrogen-bond donors (Lipinski definition) is 2. The first-order valence-corrected chi connectivity index (χ1v) is 6.86. The van der Waals surface area contributed by atoms with E-state index in [1.807, 2.05) is 60.7 Å². The van der Waals surface area contributed by atoms with Crippen molar-refractivity contribution in [2.75, 3.05) is 11.5 Å². The highest BCUT2D eigenvalue weighted by molar-refractivity contribution is 5.85. The summed E-state index contributed by atoms with van der Waals surface area (Å²) in [6, 6.07) is 21.9. The van der Waals surface area contributed by atoms with Gasteiger partial charge in [-0.15, -0.1) is 24.8 Å². The Kier molecular flexibility index (Phi) is 7.24. The Hall–Kier alpha value is -2.56. The Labute approximate surface area is 153 Å². The minimum atomic E-state index is 0. The molecule has 0 atom stereocenters. The van der Waals surface area contributed by atoms with Crippen LogP contribution in [0.25, 0.3) is 0 Å². The summed E-state index contributed by atoms with van der Waals surface area (Å²) < 4.78 is 11.6. The number of hydrogen-bond acceptors (Lipinski definition) is 4. The maximum absolute atomic E-state index is 5.78. The van der Waals surface area contributed by atoms with Crippen molar-refractivity contribution in [3.8, 4) is 23.0 Å². The molecule has 3 rings (SSSR count). The van der Waals surface area contributed by atoms with Gasteiger partial charge in [-0.2, -0.15) is 0 Å². The molecule has 0 aliphatic heterocycles. The quantitative estimate of drug-likeness (QED) is 0.617. The molecule has 0 heterocycles. The van der Waals surface area contributed by atoms with Gasteiger partial charge in [0, 0.05) is 29.6 Å². The molecule has 4 N–H and O–H groups in total. The fraction of sp³-hybridized carbons (Fsp3) is 0. The van der Waals surface area contributed by atoms with Crippen molar-refractivity contribution in [3.05, 3.63) is 72.8 Å². The van der Waals surface area contributed by atoms with Crippen molar-refractivity contribution >= 4 is 36.2 Å². The van der Waals surface area contributed by atoms with Crippen molar-refractivity contribution in [1.29, 1.82) is 0 Å². The monoisotopic (exact) mass is 364 g/mol. The number of nitrogen functional groups attached to an aromatic ring is 2. The summed E-state index contributed by atoms with van der Waals surface area (Å²) in [5.41, 5.74) is 12.8. The molecule has 0 aliphatic carbocycles. The van der Waals surface area contributed by atoms with E-state index in [9.17, 15) is 0 Å². The third-order valence-electron chi connectivity index (χ3n) is 2.99. The van der Waals surface area contributed by atoms with E-state index >= 15 is 0 Å². The van der Waals surface area contributed by atoms with Gasteiger partial charge in [0.05, 0.1) is 0 Å². The van der Waals surface area contributed by atoms with Gasteiger partial charge >= 0.3 is 0 Å².